The van der Waals surface area contributed by atoms with Gasteiger partial charge in [0.05, 0.1) is 10.6 Å². The molecular formula is C15H11BrClNO3. The summed E-state index contributed by atoms with van der Waals surface area (Å²) in [6.07, 6.45) is 0. The minimum atomic E-state index is -1.11. The Hall–Kier alpha value is -1.85. The zero-order chi connectivity index (χ0) is 15.6. The molecule has 6 heteroatoms. The molecule has 2 aromatic rings. The van der Waals surface area contributed by atoms with E-state index in [0.29, 0.717) is 11.3 Å². The summed E-state index contributed by atoms with van der Waals surface area (Å²) >= 11 is 9.23. The van der Waals surface area contributed by atoms with Crippen LogP contribution in [0.2, 0.25) is 5.02 Å². The van der Waals surface area contributed by atoms with Gasteiger partial charge < -0.3 is 10.4 Å². The van der Waals surface area contributed by atoms with Crippen molar-refractivity contribution in [1.29, 1.82) is 0 Å². The van der Waals surface area contributed by atoms with Crippen LogP contribution < -0.4 is 5.32 Å². The summed E-state index contributed by atoms with van der Waals surface area (Å²) in [6, 6.07) is 9.52. The van der Waals surface area contributed by atoms with E-state index in [1.54, 1.807) is 12.1 Å². The Bertz CT molecular complexity index is 731. The first-order chi connectivity index (χ1) is 9.88. The molecular weight excluding hydrogens is 358 g/mol. The van der Waals surface area contributed by atoms with Gasteiger partial charge in [-0.05, 0) is 42.8 Å². The van der Waals surface area contributed by atoms with Gasteiger partial charge in [0.15, 0.2) is 0 Å². The van der Waals surface area contributed by atoms with E-state index in [1.807, 2.05) is 13.0 Å². The second-order valence-corrected chi connectivity index (χ2v) is 5.68. The minimum Gasteiger partial charge on any atom is -0.478 e. The second kappa shape index (κ2) is 6.28. The first kappa shape index (κ1) is 15.5. The molecule has 0 saturated heterocycles. The van der Waals surface area contributed by atoms with E-state index < -0.39 is 5.97 Å². The molecule has 4 nitrogen and oxygen atoms in total. The zero-order valence-electron chi connectivity index (χ0n) is 11.0. The molecule has 0 spiro atoms. The van der Waals surface area contributed by atoms with Crippen LogP contribution >= 0.6 is 27.5 Å². The van der Waals surface area contributed by atoms with E-state index in [-0.39, 0.29) is 16.5 Å². The van der Waals surface area contributed by atoms with Crippen molar-refractivity contribution >= 4 is 45.1 Å². The topological polar surface area (TPSA) is 66.4 Å². The largest absolute Gasteiger partial charge is 0.478 e. The number of amides is 1. The van der Waals surface area contributed by atoms with Crippen LogP contribution in [0, 0.1) is 6.92 Å². The highest BCUT2D eigenvalue weighted by Gasteiger charge is 2.11. The maximum atomic E-state index is 12.1. The van der Waals surface area contributed by atoms with Gasteiger partial charge in [0, 0.05) is 15.7 Å². The van der Waals surface area contributed by atoms with Crippen LogP contribution in [-0.4, -0.2) is 17.0 Å². The molecule has 21 heavy (non-hydrogen) atoms. The number of aryl methyl sites for hydroxylation is 1. The number of carboxylic acids is 1. The fraction of sp³-hybridized carbons (Fsp3) is 0.0667. The van der Waals surface area contributed by atoms with Crippen LogP contribution in [0.1, 0.15) is 26.3 Å². The second-order valence-electron chi connectivity index (χ2n) is 4.42. The van der Waals surface area contributed by atoms with Crippen LogP contribution in [0.3, 0.4) is 0 Å². The van der Waals surface area contributed by atoms with Crippen molar-refractivity contribution < 1.29 is 14.7 Å². The first-order valence-corrected chi connectivity index (χ1v) is 7.16. The van der Waals surface area contributed by atoms with Gasteiger partial charge in [0.1, 0.15) is 0 Å². The molecule has 0 saturated carbocycles. The number of carbonyl (C=O) groups is 2. The van der Waals surface area contributed by atoms with Gasteiger partial charge in [0.25, 0.3) is 5.91 Å². The minimum absolute atomic E-state index is 0.00672. The predicted molar refractivity (Wildman–Crippen MR) is 85.2 cm³/mol. The molecule has 0 aliphatic carbocycles. The third kappa shape index (κ3) is 3.62. The van der Waals surface area contributed by atoms with E-state index in [0.717, 1.165) is 10.0 Å². The van der Waals surface area contributed by atoms with Crippen molar-refractivity contribution in [2.45, 2.75) is 6.92 Å². The van der Waals surface area contributed by atoms with Crippen LogP contribution in [0.4, 0.5) is 5.69 Å². The number of halogens is 2. The molecule has 2 rings (SSSR count). The molecule has 0 radical (unpaired) electrons. The van der Waals surface area contributed by atoms with Gasteiger partial charge in [-0.1, -0.05) is 33.6 Å². The molecule has 2 N–H and O–H groups in total. The van der Waals surface area contributed by atoms with E-state index >= 15 is 0 Å². The van der Waals surface area contributed by atoms with Crippen LogP contribution in [0.5, 0.6) is 0 Å². The van der Waals surface area contributed by atoms with Crippen LogP contribution in [0.15, 0.2) is 40.9 Å². The van der Waals surface area contributed by atoms with E-state index in [1.165, 1.54) is 18.2 Å². The number of benzene rings is 2. The molecule has 0 aliphatic rings. The number of anilines is 1. The maximum Gasteiger partial charge on any atom is 0.337 e. The number of hydrogen-bond donors (Lipinski definition) is 2. The molecule has 2 aromatic carbocycles. The highest BCUT2D eigenvalue weighted by molar-refractivity contribution is 9.10. The summed E-state index contributed by atoms with van der Waals surface area (Å²) in [5, 5.41) is 11.6. The fourth-order valence-corrected chi connectivity index (χ4v) is 2.34. The summed E-state index contributed by atoms with van der Waals surface area (Å²) in [5.74, 6) is -1.41. The molecule has 108 valence electrons. The fourth-order valence-electron chi connectivity index (χ4n) is 1.70. The third-order valence-electron chi connectivity index (χ3n) is 2.89. The van der Waals surface area contributed by atoms with Gasteiger partial charge in [-0.3, -0.25) is 4.79 Å². The smallest absolute Gasteiger partial charge is 0.337 e. The van der Waals surface area contributed by atoms with E-state index in [4.69, 9.17) is 16.7 Å². The lowest BCUT2D eigenvalue weighted by Gasteiger charge is -2.08. The van der Waals surface area contributed by atoms with Crippen LogP contribution in [0.25, 0.3) is 0 Å². The van der Waals surface area contributed by atoms with Gasteiger partial charge in [0.2, 0.25) is 0 Å². The average molecular weight is 369 g/mol. The Kier molecular flexibility index (Phi) is 4.65. The predicted octanol–water partition coefficient (Wildman–Crippen LogP) is 4.36. The maximum absolute atomic E-state index is 12.1. The molecule has 0 unspecified atom stereocenters. The number of aromatic carboxylic acids is 1. The lowest BCUT2D eigenvalue weighted by molar-refractivity contribution is 0.0697. The molecule has 0 aromatic heterocycles. The van der Waals surface area contributed by atoms with Gasteiger partial charge in [-0.2, -0.15) is 0 Å². The Morgan fingerprint density at radius 2 is 1.90 bits per heavy atom. The van der Waals surface area contributed by atoms with Crippen LogP contribution in [-0.2, 0) is 0 Å². The highest BCUT2D eigenvalue weighted by atomic mass is 79.9. The lowest BCUT2D eigenvalue weighted by Crippen LogP contribution is -2.12. The van der Waals surface area contributed by atoms with Gasteiger partial charge in [-0.15, -0.1) is 0 Å². The number of nitrogens with one attached hydrogen (secondary N) is 1. The molecule has 0 bridgehead atoms. The molecule has 1 amide bonds. The number of carboxylic acid groups (broad SMARTS) is 1. The third-order valence-corrected chi connectivity index (χ3v) is 4.06. The van der Waals surface area contributed by atoms with Crippen molar-refractivity contribution in [1.82, 2.24) is 0 Å². The normalized spacial score (nSPS) is 10.2. The lowest BCUT2D eigenvalue weighted by atomic mass is 10.1. The molecule has 0 atom stereocenters. The van der Waals surface area contributed by atoms with Gasteiger partial charge in [-0.25, -0.2) is 4.79 Å². The standard InChI is InChI=1S/C15H11BrClNO3/c1-8-2-3-9(6-12(8)16)14(19)18-10-4-5-11(15(20)21)13(17)7-10/h2-7H,1H3,(H,18,19)(H,20,21). The Morgan fingerprint density at radius 1 is 1.19 bits per heavy atom. The highest BCUT2D eigenvalue weighted by Crippen LogP contribution is 2.22. The Morgan fingerprint density at radius 3 is 2.48 bits per heavy atom. The first-order valence-electron chi connectivity index (χ1n) is 5.99. The SMILES string of the molecule is Cc1ccc(C(=O)Nc2ccc(C(=O)O)c(Cl)c2)cc1Br. The summed E-state index contributed by atoms with van der Waals surface area (Å²) in [6.45, 7) is 1.93. The average Bonchev–Trinajstić information content (AvgIpc) is 2.41. The monoisotopic (exact) mass is 367 g/mol. The zero-order valence-corrected chi connectivity index (χ0v) is 13.3. The summed E-state index contributed by atoms with van der Waals surface area (Å²) in [7, 11) is 0. The number of rotatable bonds is 3. The number of carbonyl (C=O) groups excluding carboxylic acids is 1. The summed E-state index contributed by atoms with van der Waals surface area (Å²) in [5.41, 5.74) is 1.95. The summed E-state index contributed by atoms with van der Waals surface area (Å²) < 4.78 is 0.842. The number of hydrogen-bond acceptors (Lipinski definition) is 2. The Labute approximate surface area is 134 Å². The van der Waals surface area contributed by atoms with Crippen molar-refractivity contribution in [3.05, 3.63) is 62.6 Å². The van der Waals surface area contributed by atoms with Crippen molar-refractivity contribution in [2.75, 3.05) is 5.32 Å². The summed E-state index contributed by atoms with van der Waals surface area (Å²) in [4.78, 5) is 23.0. The Balaban J connectivity index is 2.21. The van der Waals surface area contributed by atoms with Crippen molar-refractivity contribution in [3.8, 4) is 0 Å². The quantitative estimate of drug-likeness (QED) is 0.846. The van der Waals surface area contributed by atoms with Gasteiger partial charge >= 0.3 is 5.97 Å². The molecule has 0 aliphatic heterocycles. The van der Waals surface area contributed by atoms with E-state index in [9.17, 15) is 9.59 Å². The van der Waals surface area contributed by atoms with Crippen molar-refractivity contribution in [2.24, 2.45) is 0 Å². The molecule has 0 heterocycles. The molecule has 0 fully saturated rings. The van der Waals surface area contributed by atoms with Crippen molar-refractivity contribution in [3.63, 3.8) is 0 Å². The van der Waals surface area contributed by atoms with E-state index in [2.05, 4.69) is 21.2 Å².